The molecule has 1 aliphatic rings. The van der Waals surface area contributed by atoms with Gasteiger partial charge in [0.1, 0.15) is 0 Å². The van der Waals surface area contributed by atoms with Gasteiger partial charge in [0.15, 0.2) is 18.1 Å². The van der Waals surface area contributed by atoms with Gasteiger partial charge in [-0.25, -0.2) is 0 Å². The molecule has 130 valence electrons. The van der Waals surface area contributed by atoms with Crippen molar-refractivity contribution in [3.63, 3.8) is 0 Å². The van der Waals surface area contributed by atoms with Crippen LogP contribution >= 0.6 is 0 Å². The van der Waals surface area contributed by atoms with Crippen molar-refractivity contribution >= 4 is 17.4 Å². The van der Waals surface area contributed by atoms with Crippen LogP contribution in [-0.2, 0) is 4.79 Å². The summed E-state index contributed by atoms with van der Waals surface area (Å²) >= 11 is 0. The fraction of sp³-hybridized carbons (Fsp3) is 0.529. The van der Waals surface area contributed by atoms with Crippen molar-refractivity contribution in [1.82, 2.24) is 4.90 Å². The second-order valence-corrected chi connectivity index (χ2v) is 5.80. The Labute approximate surface area is 140 Å². The summed E-state index contributed by atoms with van der Waals surface area (Å²) in [4.78, 5) is 36.2. The van der Waals surface area contributed by atoms with E-state index in [1.165, 1.54) is 18.2 Å². The molecule has 0 bridgehead atoms. The molecule has 0 spiro atoms. The molecule has 1 heterocycles. The second kappa shape index (κ2) is 8.42. The molecular formula is C17H22N2O5. The molecule has 0 unspecified atom stereocenters. The number of carbonyl (C=O) groups excluding carboxylic acids is 2. The first-order valence-electron chi connectivity index (χ1n) is 8.25. The van der Waals surface area contributed by atoms with E-state index >= 15 is 0 Å². The summed E-state index contributed by atoms with van der Waals surface area (Å²) in [7, 11) is 0. The summed E-state index contributed by atoms with van der Waals surface area (Å²) < 4.78 is 5.38. The Morgan fingerprint density at radius 1 is 1.21 bits per heavy atom. The molecule has 0 atom stereocenters. The largest absolute Gasteiger partial charge is 0.477 e. The molecule has 1 aliphatic heterocycles. The number of rotatable bonds is 6. The smallest absolute Gasteiger partial charge is 0.311 e. The number of amides is 1. The maximum absolute atomic E-state index is 12.2. The minimum Gasteiger partial charge on any atom is -0.477 e. The molecule has 1 saturated heterocycles. The molecule has 7 nitrogen and oxygen atoms in total. The van der Waals surface area contributed by atoms with Crippen LogP contribution in [0.1, 0.15) is 49.4 Å². The van der Waals surface area contributed by atoms with Crippen LogP contribution in [0, 0.1) is 10.1 Å². The molecule has 1 amide bonds. The zero-order valence-electron chi connectivity index (χ0n) is 13.8. The van der Waals surface area contributed by atoms with Crippen molar-refractivity contribution in [2.24, 2.45) is 0 Å². The van der Waals surface area contributed by atoms with E-state index in [9.17, 15) is 19.7 Å². The Morgan fingerprint density at radius 2 is 1.88 bits per heavy atom. The van der Waals surface area contributed by atoms with E-state index in [2.05, 4.69) is 0 Å². The van der Waals surface area contributed by atoms with Gasteiger partial charge in [0, 0.05) is 31.1 Å². The van der Waals surface area contributed by atoms with E-state index in [1.807, 2.05) is 0 Å². The van der Waals surface area contributed by atoms with Gasteiger partial charge in [-0.15, -0.1) is 0 Å². The molecule has 0 saturated carbocycles. The first kappa shape index (κ1) is 17.9. The number of hydrogen-bond donors (Lipinski definition) is 0. The van der Waals surface area contributed by atoms with Gasteiger partial charge >= 0.3 is 5.69 Å². The van der Waals surface area contributed by atoms with Gasteiger partial charge in [-0.2, -0.15) is 0 Å². The highest BCUT2D eigenvalue weighted by atomic mass is 16.6. The Balaban J connectivity index is 2.06. The third kappa shape index (κ3) is 4.53. The lowest BCUT2D eigenvalue weighted by Crippen LogP contribution is -2.35. The molecule has 7 heteroatoms. The van der Waals surface area contributed by atoms with E-state index in [0.717, 1.165) is 25.7 Å². The fourth-order valence-corrected chi connectivity index (χ4v) is 2.71. The standard InChI is InChI=1S/C17H22N2O5/c1-2-15(20)13-7-8-16(14(11-13)19(22)23)24-12-17(21)18-9-5-3-4-6-10-18/h7-8,11H,2-6,9-10,12H2,1H3. The molecule has 0 radical (unpaired) electrons. The molecule has 0 aliphatic carbocycles. The molecule has 0 N–H and O–H groups in total. The maximum atomic E-state index is 12.2. The predicted octanol–water partition coefficient (Wildman–Crippen LogP) is 2.97. The van der Waals surface area contributed by atoms with Gasteiger partial charge in [-0.05, 0) is 25.0 Å². The van der Waals surface area contributed by atoms with Crippen molar-refractivity contribution in [1.29, 1.82) is 0 Å². The number of ether oxygens (including phenoxy) is 1. The Kier molecular flexibility index (Phi) is 6.28. The molecule has 1 fully saturated rings. The first-order valence-corrected chi connectivity index (χ1v) is 8.25. The second-order valence-electron chi connectivity index (χ2n) is 5.80. The predicted molar refractivity (Wildman–Crippen MR) is 88.3 cm³/mol. The Bertz CT molecular complexity index is 621. The lowest BCUT2D eigenvalue weighted by molar-refractivity contribution is -0.385. The van der Waals surface area contributed by atoms with Gasteiger partial charge in [0.25, 0.3) is 5.91 Å². The summed E-state index contributed by atoms with van der Waals surface area (Å²) in [5, 5.41) is 11.2. The molecule has 2 rings (SSSR count). The van der Waals surface area contributed by atoms with E-state index in [-0.39, 0.29) is 41.7 Å². The molecule has 24 heavy (non-hydrogen) atoms. The SMILES string of the molecule is CCC(=O)c1ccc(OCC(=O)N2CCCCCC2)c([N+](=O)[O-])c1. The first-order chi connectivity index (χ1) is 11.5. The summed E-state index contributed by atoms with van der Waals surface area (Å²) in [6.45, 7) is 2.86. The van der Waals surface area contributed by atoms with Gasteiger partial charge in [0.05, 0.1) is 4.92 Å². The van der Waals surface area contributed by atoms with Crippen molar-refractivity contribution in [3.8, 4) is 5.75 Å². The number of benzene rings is 1. The highest BCUT2D eigenvalue weighted by Gasteiger charge is 2.21. The van der Waals surface area contributed by atoms with Crippen LogP contribution in [0.25, 0.3) is 0 Å². The van der Waals surface area contributed by atoms with Crippen LogP contribution in [-0.4, -0.2) is 41.2 Å². The summed E-state index contributed by atoms with van der Waals surface area (Å²) in [6.07, 6.45) is 4.44. The number of ketones is 1. The van der Waals surface area contributed by atoms with E-state index in [0.29, 0.717) is 13.1 Å². The maximum Gasteiger partial charge on any atom is 0.311 e. The zero-order chi connectivity index (χ0) is 17.5. The molecule has 1 aromatic carbocycles. The normalized spacial score (nSPS) is 14.8. The lowest BCUT2D eigenvalue weighted by Gasteiger charge is -2.20. The van der Waals surface area contributed by atoms with Gasteiger partial charge in [-0.3, -0.25) is 19.7 Å². The average molecular weight is 334 g/mol. The Morgan fingerprint density at radius 3 is 2.46 bits per heavy atom. The van der Waals surface area contributed by atoms with Crippen molar-refractivity contribution in [2.45, 2.75) is 39.0 Å². The average Bonchev–Trinajstić information content (AvgIpc) is 2.88. The van der Waals surface area contributed by atoms with Gasteiger partial charge < -0.3 is 9.64 Å². The quantitative estimate of drug-likeness (QED) is 0.453. The summed E-state index contributed by atoms with van der Waals surface area (Å²) in [5.74, 6) is -0.332. The minimum absolute atomic E-state index is 0.0100. The zero-order valence-corrected chi connectivity index (χ0v) is 13.8. The fourth-order valence-electron chi connectivity index (χ4n) is 2.71. The molecular weight excluding hydrogens is 312 g/mol. The summed E-state index contributed by atoms with van der Waals surface area (Å²) in [6, 6.07) is 4.08. The molecule has 0 aromatic heterocycles. The number of hydrogen-bond acceptors (Lipinski definition) is 5. The third-order valence-electron chi connectivity index (χ3n) is 4.11. The molecule has 1 aromatic rings. The van der Waals surface area contributed by atoms with Crippen LogP contribution < -0.4 is 4.74 Å². The van der Waals surface area contributed by atoms with Crippen LogP contribution in [0.15, 0.2) is 18.2 Å². The number of nitro groups is 1. The number of nitro benzene ring substituents is 1. The highest BCUT2D eigenvalue weighted by Crippen LogP contribution is 2.28. The van der Waals surface area contributed by atoms with Gasteiger partial charge in [0.2, 0.25) is 0 Å². The van der Waals surface area contributed by atoms with E-state index in [1.54, 1.807) is 11.8 Å². The van der Waals surface area contributed by atoms with Crippen molar-refractivity contribution < 1.29 is 19.2 Å². The number of nitrogens with zero attached hydrogens (tertiary/aromatic N) is 2. The topological polar surface area (TPSA) is 89.8 Å². The van der Waals surface area contributed by atoms with Crippen LogP contribution in [0.5, 0.6) is 5.75 Å². The number of carbonyl (C=O) groups is 2. The third-order valence-corrected chi connectivity index (χ3v) is 4.11. The lowest BCUT2D eigenvalue weighted by atomic mass is 10.1. The summed E-state index contributed by atoms with van der Waals surface area (Å²) in [5.41, 5.74) is -0.0200. The van der Waals surface area contributed by atoms with E-state index < -0.39 is 4.92 Å². The highest BCUT2D eigenvalue weighted by molar-refractivity contribution is 5.96. The van der Waals surface area contributed by atoms with Crippen LogP contribution in [0.4, 0.5) is 5.69 Å². The minimum atomic E-state index is -0.599. The van der Waals surface area contributed by atoms with Crippen LogP contribution in [0.3, 0.4) is 0 Å². The van der Waals surface area contributed by atoms with Crippen molar-refractivity contribution in [3.05, 3.63) is 33.9 Å². The number of Topliss-reactive ketones (excluding diaryl/α,β-unsaturated/α-hetero) is 1. The monoisotopic (exact) mass is 334 g/mol. The number of likely N-dealkylation sites (tertiary alicyclic amines) is 1. The van der Waals surface area contributed by atoms with Gasteiger partial charge in [-0.1, -0.05) is 19.8 Å². The van der Waals surface area contributed by atoms with E-state index in [4.69, 9.17) is 4.74 Å². The van der Waals surface area contributed by atoms with Crippen molar-refractivity contribution in [2.75, 3.05) is 19.7 Å². The Hall–Kier alpha value is -2.44. The van der Waals surface area contributed by atoms with Crippen LogP contribution in [0.2, 0.25) is 0 Å².